The molecule has 4 nitrogen and oxygen atoms in total. The third-order valence-corrected chi connectivity index (χ3v) is 4.38. The summed E-state index contributed by atoms with van der Waals surface area (Å²) in [6, 6.07) is 6.31. The predicted octanol–water partition coefficient (Wildman–Crippen LogP) is 3.94. The standard InChI is InChI=1S/C19H18BrF3N2O2/c1-10(2)17(25-18(26)16-14(22)4-3-5-15(16)23)19(27)24-9-11-8-12(20)6-7-13(11)21/h3-8,10,17H,9H2,1-2H3,(H,24,27)(H,25,26). The van der Waals surface area contributed by atoms with Crippen LogP contribution in [0.4, 0.5) is 13.2 Å². The minimum Gasteiger partial charge on any atom is -0.350 e. The maximum atomic E-state index is 13.8. The van der Waals surface area contributed by atoms with E-state index in [1.165, 1.54) is 18.2 Å². The summed E-state index contributed by atoms with van der Waals surface area (Å²) in [4.78, 5) is 24.7. The summed E-state index contributed by atoms with van der Waals surface area (Å²) in [6.07, 6.45) is 0. The highest BCUT2D eigenvalue weighted by atomic mass is 79.9. The highest BCUT2D eigenvalue weighted by Crippen LogP contribution is 2.16. The summed E-state index contributed by atoms with van der Waals surface area (Å²) in [5.74, 6) is -4.52. The minimum absolute atomic E-state index is 0.0999. The highest BCUT2D eigenvalue weighted by Gasteiger charge is 2.27. The predicted molar refractivity (Wildman–Crippen MR) is 98.4 cm³/mol. The molecule has 0 heterocycles. The molecule has 0 spiro atoms. The summed E-state index contributed by atoms with van der Waals surface area (Å²) < 4.78 is 41.9. The minimum atomic E-state index is -1.05. The maximum absolute atomic E-state index is 13.8. The smallest absolute Gasteiger partial charge is 0.257 e. The van der Waals surface area contributed by atoms with Crippen LogP contribution in [-0.4, -0.2) is 17.9 Å². The highest BCUT2D eigenvalue weighted by molar-refractivity contribution is 9.10. The number of halogens is 4. The Kier molecular flexibility index (Phi) is 7.01. The Labute approximate surface area is 163 Å². The second-order valence-corrected chi connectivity index (χ2v) is 7.16. The zero-order chi connectivity index (χ0) is 20.1. The first kappa shape index (κ1) is 21.0. The molecule has 0 bridgehead atoms. The van der Waals surface area contributed by atoms with Crippen molar-refractivity contribution in [3.8, 4) is 0 Å². The fourth-order valence-corrected chi connectivity index (χ4v) is 2.84. The summed E-state index contributed by atoms with van der Waals surface area (Å²) in [5, 5.41) is 4.87. The van der Waals surface area contributed by atoms with Gasteiger partial charge >= 0.3 is 0 Å². The molecular formula is C19H18BrF3N2O2. The van der Waals surface area contributed by atoms with Gasteiger partial charge in [0.25, 0.3) is 5.91 Å². The molecule has 1 atom stereocenters. The van der Waals surface area contributed by atoms with Crippen LogP contribution in [0, 0.1) is 23.4 Å². The number of carbonyl (C=O) groups is 2. The van der Waals surface area contributed by atoms with Gasteiger partial charge in [0.15, 0.2) is 0 Å². The molecule has 2 aromatic rings. The van der Waals surface area contributed by atoms with E-state index in [9.17, 15) is 22.8 Å². The van der Waals surface area contributed by atoms with Crippen molar-refractivity contribution in [3.05, 3.63) is 69.4 Å². The van der Waals surface area contributed by atoms with Crippen molar-refractivity contribution in [1.82, 2.24) is 10.6 Å². The van der Waals surface area contributed by atoms with E-state index in [1.54, 1.807) is 13.8 Å². The Morgan fingerprint density at radius 1 is 1.04 bits per heavy atom. The molecule has 0 saturated carbocycles. The first-order valence-corrected chi connectivity index (χ1v) is 8.96. The van der Waals surface area contributed by atoms with E-state index in [0.717, 1.165) is 18.2 Å². The van der Waals surface area contributed by atoms with Gasteiger partial charge in [-0.1, -0.05) is 35.8 Å². The van der Waals surface area contributed by atoms with E-state index in [-0.39, 0.29) is 18.0 Å². The molecule has 0 fully saturated rings. The van der Waals surface area contributed by atoms with Crippen LogP contribution in [0.25, 0.3) is 0 Å². The van der Waals surface area contributed by atoms with Gasteiger partial charge in [-0.2, -0.15) is 0 Å². The van der Waals surface area contributed by atoms with E-state index in [0.29, 0.717) is 4.47 Å². The zero-order valence-electron chi connectivity index (χ0n) is 14.7. The van der Waals surface area contributed by atoms with Crippen LogP contribution in [0.2, 0.25) is 0 Å². The number of nitrogens with one attached hydrogen (secondary N) is 2. The van der Waals surface area contributed by atoms with Crippen LogP contribution in [0.15, 0.2) is 40.9 Å². The van der Waals surface area contributed by atoms with Crippen molar-refractivity contribution >= 4 is 27.7 Å². The van der Waals surface area contributed by atoms with Gasteiger partial charge in [0.05, 0.1) is 0 Å². The van der Waals surface area contributed by atoms with E-state index in [2.05, 4.69) is 26.6 Å². The number of rotatable bonds is 6. The Bertz CT molecular complexity index is 839. The average molecular weight is 443 g/mol. The Hall–Kier alpha value is -2.35. The first-order chi connectivity index (χ1) is 12.7. The van der Waals surface area contributed by atoms with E-state index in [4.69, 9.17) is 0 Å². The molecule has 0 aliphatic rings. The third kappa shape index (κ3) is 5.32. The second-order valence-electron chi connectivity index (χ2n) is 6.25. The number of amides is 2. The van der Waals surface area contributed by atoms with Gasteiger partial charge in [0.2, 0.25) is 5.91 Å². The molecule has 0 saturated heterocycles. The van der Waals surface area contributed by atoms with Gasteiger partial charge in [-0.15, -0.1) is 0 Å². The van der Waals surface area contributed by atoms with Crippen molar-refractivity contribution in [2.75, 3.05) is 0 Å². The van der Waals surface area contributed by atoms with Crippen molar-refractivity contribution in [2.24, 2.45) is 5.92 Å². The maximum Gasteiger partial charge on any atom is 0.257 e. The van der Waals surface area contributed by atoms with E-state index in [1.807, 2.05) is 0 Å². The lowest BCUT2D eigenvalue weighted by molar-refractivity contribution is -0.124. The van der Waals surface area contributed by atoms with Gasteiger partial charge in [-0.05, 0) is 36.2 Å². The zero-order valence-corrected chi connectivity index (χ0v) is 16.2. The van der Waals surface area contributed by atoms with Gasteiger partial charge < -0.3 is 10.6 Å². The van der Waals surface area contributed by atoms with Gasteiger partial charge in [0, 0.05) is 16.6 Å². The molecule has 2 N–H and O–H groups in total. The van der Waals surface area contributed by atoms with Gasteiger partial charge in [-0.3, -0.25) is 9.59 Å². The van der Waals surface area contributed by atoms with Crippen molar-refractivity contribution in [2.45, 2.75) is 26.4 Å². The van der Waals surface area contributed by atoms with Crippen LogP contribution in [0.1, 0.15) is 29.8 Å². The largest absolute Gasteiger partial charge is 0.350 e. The topological polar surface area (TPSA) is 58.2 Å². The fourth-order valence-electron chi connectivity index (χ4n) is 2.43. The average Bonchev–Trinajstić information content (AvgIpc) is 2.59. The lowest BCUT2D eigenvalue weighted by atomic mass is 10.0. The Balaban J connectivity index is 2.11. The molecule has 0 aliphatic carbocycles. The van der Waals surface area contributed by atoms with Crippen LogP contribution in [0.5, 0.6) is 0 Å². The molecule has 2 amide bonds. The molecule has 27 heavy (non-hydrogen) atoms. The third-order valence-electron chi connectivity index (χ3n) is 3.89. The summed E-state index contributed by atoms with van der Waals surface area (Å²) in [5.41, 5.74) is -0.499. The number of hydrogen-bond acceptors (Lipinski definition) is 2. The molecule has 1 unspecified atom stereocenters. The number of benzene rings is 2. The summed E-state index contributed by atoms with van der Waals surface area (Å²) in [6.45, 7) is 3.24. The normalized spacial score (nSPS) is 12.0. The van der Waals surface area contributed by atoms with Crippen LogP contribution >= 0.6 is 15.9 Å². The molecular weight excluding hydrogens is 425 g/mol. The molecule has 0 aromatic heterocycles. The molecule has 0 radical (unpaired) electrons. The van der Waals surface area contributed by atoms with E-state index >= 15 is 0 Å². The first-order valence-electron chi connectivity index (χ1n) is 8.17. The Morgan fingerprint density at radius 3 is 2.26 bits per heavy atom. The summed E-state index contributed by atoms with van der Waals surface area (Å²) in [7, 11) is 0. The lowest BCUT2D eigenvalue weighted by Gasteiger charge is -2.22. The van der Waals surface area contributed by atoms with Crippen LogP contribution in [0.3, 0.4) is 0 Å². The molecule has 2 rings (SSSR count). The van der Waals surface area contributed by atoms with Crippen LogP contribution in [-0.2, 0) is 11.3 Å². The second kappa shape index (κ2) is 9.03. The quantitative estimate of drug-likeness (QED) is 0.711. The van der Waals surface area contributed by atoms with Crippen molar-refractivity contribution in [1.29, 1.82) is 0 Å². The molecule has 8 heteroatoms. The molecule has 2 aromatic carbocycles. The SMILES string of the molecule is CC(C)C(NC(=O)c1c(F)cccc1F)C(=O)NCc1cc(Br)ccc1F. The van der Waals surface area contributed by atoms with Crippen molar-refractivity contribution in [3.63, 3.8) is 0 Å². The van der Waals surface area contributed by atoms with Crippen molar-refractivity contribution < 1.29 is 22.8 Å². The van der Waals surface area contributed by atoms with E-state index < -0.39 is 40.9 Å². The molecule has 144 valence electrons. The number of carbonyl (C=O) groups excluding carboxylic acids is 2. The van der Waals surface area contributed by atoms with Crippen LogP contribution < -0.4 is 10.6 Å². The summed E-state index contributed by atoms with van der Waals surface area (Å²) >= 11 is 3.22. The van der Waals surface area contributed by atoms with Gasteiger partial charge in [0.1, 0.15) is 29.1 Å². The monoisotopic (exact) mass is 442 g/mol. The number of hydrogen-bond donors (Lipinski definition) is 2. The Morgan fingerprint density at radius 2 is 1.67 bits per heavy atom. The fraction of sp³-hybridized carbons (Fsp3) is 0.263. The van der Waals surface area contributed by atoms with Gasteiger partial charge in [-0.25, -0.2) is 13.2 Å². The molecule has 0 aliphatic heterocycles. The lowest BCUT2D eigenvalue weighted by Crippen LogP contribution is -2.49.